The smallest absolute Gasteiger partial charge is 0.186 e. The lowest BCUT2D eigenvalue weighted by atomic mass is 10.0. The van der Waals surface area contributed by atoms with E-state index in [0.29, 0.717) is 12.0 Å². The average molecular weight is 326 g/mol. The second kappa shape index (κ2) is 5.77. The SMILES string of the molecule is Cn1cc(C(=O)CC2CCCN2c2nc3ccccc3s2)cn1. The lowest BCUT2D eigenvalue weighted by Gasteiger charge is -2.23. The fraction of sp³-hybridized carbons (Fsp3) is 0.353. The van der Waals surface area contributed by atoms with Gasteiger partial charge in [-0.1, -0.05) is 23.5 Å². The Labute approximate surface area is 138 Å². The number of carbonyl (C=O) groups is 1. The van der Waals surface area contributed by atoms with Crippen molar-refractivity contribution < 1.29 is 4.79 Å². The number of benzene rings is 1. The molecule has 1 aromatic carbocycles. The number of hydrogen-bond acceptors (Lipinski definition) is 5. The van der Waals surface area contributed by atoms with E-state index in [2.05, 4.69) is 16.1 Å². The van der Waals surface area contributed by atoms with Crippen molar-refractivity contribution >= 4 is 32.5 Å². The normalized spacial score (nSPS) is 18.0. The molecule has 0 bridgehead atoms. The van der Waals surface area contributed by atoms with Crippen LogP contribution in [-0.4, -0.2) is 33.1 Å². The second-order valence-electron chi connectivity index (χ2n) is 5.98. The van der Waals surface area contributed by atoms with E-state index in [1.54, 1.807) is 28.4 Å². The molecule has 1 fully saturated rings. The summed E-state index contributed by atoms with van der Waals surface area (Å²) in [6.45, 7) is 0.977. The molecule has 0 saturated carbocycles. The van der Waals surface area contributed by atoms with E-state index in [1.165, 1.54) is 4.70 Å². The first-order chi connectivity index (χ1) is 11.2. The second-order valence-corrected chi connectivity index (χ2v) is 6.99. The molecule has 1 atom stereocenters. The number of aryl methyl sites for hydroxylation is 1. The molecule has 0 spiro atoms. The van der Waals surface area contributed by atoms with Crippen LogP contribution < -0.4 is 4.90 Å². The molecule has 0 radical (unpaired) electrons. The summed E-state index contributed by atoms with van der Waals surface area (Å²) in [6.07, 6.45) is 6.13. The molecular formula is C17H18N4OS. The molecule has 0 aliphatic carbocycles. The van der Waals surface area contributed by atoms with Gasteiger partial charge in [0.1, 0.15) is 0 Å². The minimum absolute atomic E-state index is 0.163. The third-order valence-corrected chi connectivity index (χ3v) is 5.43. The summed E-state index contributed by atoms with van der Waals surface area (Å²) in [7, 11) is 1.83. The van der Waals surface area contributed by atoms with Gasteiger partial charge in [0.25, 0.3) is 0 Å². The number of thiazole rings is 1. The summed E-state index contributed by atoms with van der Waals surface area (Å²) in [5.41, 5.74) is 1.74. The van der Waals surface area contributed by atoms with Crippen LogP contribution in [0.1, 0.15) is 29.6 Å². The fourth-order valence-corrected chi connectivity index (χ4v) is 4.24. The molecule has 118 valence electrons. The minimum atomic E-state index is 0.163. The van der Waals surface area contributed by atoms with Gasteiger partial charge in [-0.15, -0.1) is 0 Å². The zero-order valence-electron chi connectivity index (χ0n) is 13.0. The van der Waals surface area contributed by atoms with E-state index in [0.717, 1.165) is 30.0 Å². The van der Waals surface area contributed by atoms with E-state index in [4.69, 9.17) is 4.98 Å². The van der Waals surface area contributed by atoms with Crippen LogP contribution in [0.3, 0.4) is 0 Å². The van der Waals surface area contributed by atoms with Crippen LogP contribution in [0.5, 0.6) is 0 Å². The third kappa shape index (κ3) is 2.74. The molecule has 1 aliphatic rings. The van der Waals surface area contributed by atoms with Gasteiger partial charge in [-0.3, -0.25) is 9.48 Å². The van der Waals surface area contributed by atoms with E-state index in [1.807, 2.05) is 25.2 Å². The predicted octanol–water partition coefficient (Wildman–Crippen LogP) is 3.27. The van der Waals surface area contributed by atoms with Crippen molar-refractivity contribution in [3.05, 3.63) is 42.2 Å². The van der Waals surface area contributed by atoms with Gasteiger partial charge in [0.05, 0.1) is 22.0 Å². The zero-order valence-corrected chi connectivity index (χ0v) is 13.8. The van der Waals surface area contributed by atoms with Crippen molar-refractivity contribution in [1.29, 1.82) is 0 Å². The molecule has 1 aliphatic heterocycles. The van der Waals surface area contributed by atoms with Crippen LogP contribution in [-0.2, 0) is 7.05 Å². The van der Waals surface area contributed by atoms with Gasteiger partial charge in [-0.25, -0.2) is 4.98 Å². The van der Waals surface area contributed by atoms with Gasteiger partial charge >= 0.3 is 0 Å². The molecule has 0 amide bonds. The number of Topliss-reactive ketones (excluding diaryl/α,β-unsaturated/α-hetero) is 1. The third-order valence-electron chi connectivity index (χ3n) is 4.35. The quantitative estimate of drug-likeness (QED) is 0.691. The van der Waals surface area contributed by atoms with Gasteiger partial charge < -0.3 is 4.90 Å². The first-order valence-electron chi connectivity index (χ1n) is 7.85. The summed E-state index contributed by atoms with van der Waals surface area (Å²) in [5, 5.41) is 5.13. The monoisotopic (exact) mass is 326 g/mol. The highest BCUT2D eigenvalue weighted by molar-refractivity contribution is 7.22. The lowest BCUT2D eigenvalue weighted by molar-refractivity contribution is 0.0974. The molecule has 6 heteroatoms. The van der Waals surface area contributed by atoms with Gasteiger partial charge in [-0.05, 0) is 25.0 Å². The number of aromatic nitrogens is 3. The maximum Gasteiger partial charge on any atom is 0.186 e. The number of fused-ring (bicyclic) bond motifs is 1. The molecule has 5 nitrogen and oxygen atoms in total. The topological polar surface area (TPSA) is 51.0 Å². The van der Waals surface area contributed by atoms with Crippen molar-refractivity contribution in [2.75, 3.05) is 11.4 Å². The molecule has 3 heterocycles. The highest BCUT2D eigenvalue weighted by Crippen LogP contribution is 2.34. The lowest BCUT2D eigenvalue weighted by Crippen LogP contribution is -2.31. The molecule has 0 N–H and O–H groups in total. The Hall–Kier alpha value is -2.21. The van der Waals surface area contributed by atoms with Crippen molar-refractivity contribution in [2.45, 2.75) is 25.3 Å². The summed E-state index contributed by atoms with van der Waals surface area (Å²) < 4.78 is 2.87. The number of anilines is 1. The maximum absolute atomic E-state index is 12.5. The van der Waals surface area contributed by atoms with Crippen LogP contribution in [0.15, 0.2) is 36.7 Å². The summed E-state index contributed by atoms with van der Waals surface area (Å²) in [6, 6.07) is 8.43. The first kappa shape index (κ1) is 14.4. The number of para-hydroxylation sites is 1. The average Bonchev–Trinajstić information content (AvgIpc) is 3.25. The highest BCUT2D eigenvalue weighted by atomic mass is 32.1. The highest BCUT2D eigenvalue weighted by Gasteiger charge is 2.29. The Bertz CT molecular complexity index is 820. The van der Waals surface area contributed by atoms with Gasteiger partial charge in [0.2, 0.25) is 0 Å². The molecule has 1 unspecified atom stereocenters. The molecule has 3 aromatic rings. The number of ketones is 1. The van der Waals surface area contributed by atoms with Gasteiger partial charge in [0, 0.05) is 32.3 Å². The van der Waals surface area contributed by atoms with Crippen LogP contribution in [0.2, 0.25) is 0 Å². The standard InChI is InChI=1S/C17H18N4OS/c1-20-11-12(10-18-20)15(22)9-13-5-4-8-21(13)17-19-14-6-2-3-7-16(14)23-17/h2-3,6-7,10-11,13H,4-5,8-9H2,1H3. The van der Waals surface area contributed by atoms with Crippen LogP contribution in [0.4, 0.5) is 5.13 Å². The van der Waals surface area contributed by atoms with Gasteiger partial charge in [-0.2, -0.15) is 5.10 Å². The van der Waals surface area contributed by atoms with Crippen molar-refractivity contribution in [2.24, 2.45) is 7.05 Å². The zero-order chi connectivity index (χ0) is 15.8. The van der Waals surface area contributed by atoms with Crippen LogP contribution in [0, 0.1) is 0 Å². The minimum Gasteiger partial charge on any atom is -0.345 e. The van der Waals surface area contributed by atoms with E-state index >= 15 is 0 Å². The fourth-order valence-electron chi connectivity index (χ4n) is 3.18. The van der Waals surface area contributed by atoms with Crippen molar-refractivity contribution in [1.82, 2.24) is 14.8 Å². The number of carbonyl (C=O) groups excluding carboxylic acids is 1. The first-order valence-corrected chi connectivity index (χ1v) is 8.66. The molecule has 2 aromatic heterocycles. The Kier molecular flexibility index (Phi) is 3.61. The van der Waals surface area contributed by atoms with Crippen molar-refractivity contribution in [3.63, 3.8) is 0 Å². The number of nitrogens with zero attached hydrogens (tertiary/aromatic N) is 4. The largest absolute Gasteiger partial charge is 0.345 e. The summed E-state index contributed by atoms with van der Waals surface area (Å²) in [5.74, 6) is 0.163. The van der Waals surface area contributed by atoms with Crippen molar-refractivity contribution in [3.8, 4) is 0 Å². The van der Waals surface area contributed by atoms with E-state index in [9.17, 15) is 4.79 Å². The molecule has 4 rings (SSSR count). The summed E-state index contributed by atoms with van der Waals surface area (Å²) in [4.78, 5) is 19.5. The Morgan fingerprint density at radius 3 is 3.04 bits per heavy atom. The van der Waals surface area contributed by atoms with E-state index in [-0.39, 0.29) is 11.8 Å². The number of hydrogen-bond donors (Lipinski definition) is 0. The molecular weight excluding hydrogens is 308 g/mol. The Morgan fingerprint density at radius 1 is 1.39 bits per heavy atom. The number of rotatable bonds is 4. The Morgan fingerprint density at radius 2 is 2.26 bits per heavy atom. The predicted molar refractivity (Wildman–Crippen MR) is 92.1 cm³/mol. The van der Waals surface area contributed by atoms with Crippen LogP contribution >= 0.6 is 11.3 Å². The maximum atomic E-state index is 12.5. The van der Waals surface area contributed by atoms with Crippen LogP contribution in [0.25, 0.3) is 10.2 Å². The Balaban J connectivity index is 1.55. The summed E-state index contributed by atoms with van der Waals surface area (Å²) >= 11 is 1.71. The van der Waals surface area contributed by atoms with E-state index < -0.39 is 0 Å². The molecule has 23 heavy (non-hydrogen) atoms. The molecule has 1 saturated heterocycles. The van der Waals surface area contributed by atoms with Gasteiger partial charge in [0.15, 0.2) is 10.9 Å².